The molecule has 0 aromatic heterocycles. The van der Waals surface area contributed by atoms with Crippen molar-refractivity contribution in [2.45, 2.75) is 30.7 Å². The van der Waals surface area contributed by atoms with Gasteiger partial charge in [0.1, 0.15) is 0 Å². The Balaban J connectivity index is 2.95. The number of carbonyl (C=O) groups excluding carboxylic acids is 1. The monoisotopic (exact) mass is 204 g/mol. The number of primary amides is 1. The first-order valence-electron chi connectivity index (χ1n) is 4.31. The molecule has 5 heteroatoms. The van der Waals surface area contributed by atoms with Gasteiger partial charge in [-0.3, -0.25) is 10.1 Å². The number of rotatable bonds is 1. The molecule has 13 heavy (non-hydrogen) atoms. The van der Waals surface area contributed by atoms with E-state index in [4.69, 9.17) is 5.73 Å². The van der Waals surface area contributed by atoms with Gasteiger partial charge in [0.2, 0.25) is 5.72 Å². The van der Waals surface area contributed by atoms with E-state index in [1.807, 2.05) is 13.8 Å². The lowest BCUT2D eigenvalue weighted by Crippen LogP contribution is -2.65. The normalized spacial score (nSPS) is 33.8. The third kappa shape index (κ3) is 1.82. The van der Waals surface area contributed by atoms with Crippen molar-refractivity contribution in [1.82, 2.24) is 5.32 Å². The van der Waals surface area contributed by atoms with Gasteiger partial charge in [-0.1, -0.05) is 0 Å². The van der Waals surface area contributed by atoms with E-state index in [0.717, 1.165) is 12.2 Å². The van der Waals surface area contributed by atoms with Crippen LogP contribution in [0.15, 0.2) is 0 Å². The van der Waals surface area contributed by atoms with E-state index in [1.165, 1.54) is 0 Å². The van der Waals surface area contributed by atoms with Gasteiger partial charge >= 0.3 is 0 Å². The average molecular weight is 204 g/mol. The molecule has 4 nitrogen and oxygen atoms in total. The van der Waals surface area contributed by atoms with E-state index in [0.29, 0.717) is 6.54 Å². The molecular formula is C8H16N2O2S. The fraction of sp³-hybridized carbons (Fsp3) is 0.875. The molecule has 0 aliphatic carbocycles. The number of aliphatic hydroxyl groups is 1. The highest BCUT2D eigenvalue weighted by Gasteiger charge is 2.49. The predicted octanol–water partition coefficient (Wildman–Crippen LogP) is -0.335. The van der Waals surface area contributed by atoms with E-state index >= 15 is 0 Å². The second-order valence-electron chi connectivity index (χ2n) is 3.71. The number of hydrogen-bond donors (Lipinski definition) is 3. The Morgan fingerprint density at radius 1 is 1.62 bits per heavy atom. The van der Waals surface area contributed by atoms with Crippen molar-refractivity contribution in [2.75, 3.05) is 12.3 Å². The number of nitrogens with two attached hydrogens (primary N) is 1. The van der Waals surface area contributed by atoms with E-state index in [-0.39, 0.29) is 0 Å². The minimum absolute atomic E-state index is 0.574. The van der Waals surface area contributed by atoms with Crippen LogP contribution in [0.4, 0.5) is 0 Å². The van der Waals surface area contributed by atoms with Gasteiger partial charge in [0.05, 0.1) is 4.75 Å². The Kier molecular flexibility index (Phi) is 2.89. The zero-order valence-corrected chi connectivity index (χ0v) is 8.78. The van der Waals surface area contributed by atoms with E-state index in [1.54, 1.807) is 11.8 Å². The first-order chi connectivity index (χ1) is 5.90. The molecule has 1 atom stereocenters. The van der Waals surface area contributed by atoms with Gasteiger partial charge in [0.25, 0.3) is 5.91 Å². The Hall–Kier alpha value is -0.260. The predicted molar refractivity (Wildman–Crippen MR) is 53.3 cm³/mol. The number of thioether (sulfide) groups is 1. The number of hydrogen-bond acceptors (Lipinski definition) is 4. The van der Waals surface area contributed by atoms with E-state index in [2.05, 4.69) is 5.32 Å². The second-order valence-corrected chi connectivity index (χ2v) is 5.43. The lowest BCUT2D eigenvalue weighted by atomic mass is 9.97. The Morgan fingerprint density at radius 3 is 2.77 bits per heavy atom. The van der Waals surface area contributed by atoms with Crippen molar-refractivity contribution in [2.24, 2.45) is 5.73 Å². The van der Waals surface area contributed by atoms with Crippen molar-refractivity contribution >= 4 is 17.7 Å². The van der Waals surface area contributed by atoms with Gasteiger partial charge in [-0.25, -0.2) is 0 Å². The highest BCUT2D eigenvalue weighted by atomic mass is 32.2. The van der Waals surface area contributed by atoms with Gasteiger partial charge in [0, 0.05) is 0 Å². The fourth-order valence-corrected chi connectivity index (χ4v) is 2.55. The van der Waals surface area contributed by atoms with Crippen LogP contribution in [-0.2, 0) is 4.79 Å². The molecule has 1 saturated heterocycles. The summed E-state index contributed by atoms with van der Waals surface area (Å²) in [4.78, 5) is 11.1. The molecule has 0 spiro atoms. The van der Waals surface area contributed by atoms with Crippen LogP contribution in [-0.4, -0.2) is 33.8 Å². The standard InChI is InChI=1S/C8H16N2O2S/c1-7(2)8(12,6(9)11)10-4-3-5-13-7/h10,12H,3-5H2,1-2H3,(H2,9,11). The largest absolute Gasteiger partial charge is 0.366 e. The third-order valence-electron chi connectivity index (χ3n) is 2.39. The van der Waals surface area contributed by atoms with Gasteiger partial charge in [-0.2, -0.15) is 11.8 Å². The molecular weight excluding hydrogens is 188 g/mol. The van der Waals surface area contributed by atoms with E-state index in [9.17, 15) is 9.90 Å². The molecule has 0 aromatic carbocycles. The van der Waals surface area contributed by atoms with Crippen molar-refractivity contribution in [1.29, 1.82) is 0 Å². The highest BCUT2D eigenvalue weighted by Crippen LogP contribution is 2.36. The number of amides is 1. The smallest absolute Gasteiger partial charge is 0.266 e. The molecule has 4 N–H and O–H groups in total. The summed E-state index contributed by atoms with van der Waals surface area (Å²) in [5.74, 6) is 0.224. The third-order valence-corrected chi connectivity index (χ3v) is 3.90. The van der Waals surface area contributed by atoms with Crippen molar-refractivity contribution < 1.29 is 9.90 Å². The van der Waals surface area contributed by atoms with Crippen LogP contribution in [0.3, 0.4) is 0 Å². The zero-order valence-electron chi connectivity index (χ0n) is 7.96. The Morgan fingerprint density at radius 2 is 2.23 bits per heavy atom. The maximum atomic E-state index is 11.1. The maximum Gasteiger partial charge on any atom is 0.266 e. The van der Waals surface area contributed by atoms with Crippen LogP contribution in [0.5, 0.6) is 0 Å². The van der Waals surface area contributed by atoms with E-state index < -0.39 is 16.4 Å². The molecule has 0 saturated carbocycles. The van der Waals surface area contributed by atoms with Crippen LogP contribution >= 0.6 is 11.8 Å². The summed E-state index contributed by atoms with van der Waals surface area (Å²) in [6.07, 6.45) is 0.934. The summed E-state index contributed by atoms with van der Waals surface area (Å²) in [5.41, 5.74) is 3.59. The maximum absolute atomic E-state index is 11.1. The van der Waals surface area contributed by atoms with Crippen molar-refractivity contribution in [3.05, 3.63) is 0 Å². The summed E-state index contributed by atoms with van der Waals surface area (Å²) in [6, 6.07) is 0. The average Bonchev–Trinajstić information content (AvgIpc) is 2.13. The minimum Gasteiger partial charge on any atom is -0.366 e. The molecule has 1 unspecified atom stereocenters. The van der Waals surface area contributed by atoms with Crippen LogP contribution in [0, 0.1) is 0 Å². The number of nitrogens with one attached hydrogen (secondary N) is 1. The van der Waals surface area contributed by atoms with Crippen LogP contribution in [0.1, 0.15) is 20.3 Å². The Labute approximate surface area is 82.3 Å². The summed E-state index contributed by atoms with van der Waals surface area (Å²) < 4.78 is -0.574. The SMILES string of the molecule is CC1(C)SCCCNC1(O)C(N)=O. The lowest BCUT2D eigenvalue weighted by molar-refractivity contribution is -0.142. The molecule has 1 rings (SSSR count). The summed E-state index contributed by atoms with van der Waals surface area (Å²) >= 11 is 1.56. The van der Waals surface area contributed by atoms with Crippen LogP contribution in [0.2, 0.25) is 0 Å². The van der Waals surface area contributed by atoms with Crippen molar-refractivity contribution in [3.63, 3.8) is 0 Å². The summed E-state index contributed by atoms with van der Waals surface area (Å²) in [6.45, 7) is 4.26. The first-order valence-corrected chi connectivity index (χ1v) is 5.30. The van der Waals surface area contributed by atoms with Gasteiger partial charge in [0.15, 0.2) is 0 Å². The summed E-state index contributed by atoms with van der Waals surface area (Å²) in [5, 5.41) is 12.9. The molecule has 0 aromatic rings. The zero-order chi connectivity index (χ0) is 10.1. The van der Waals surface area contributed by atoms with Gasteiger partial charge in [-0.15, -0.1) is 0 Å². The highest BCUT2D eigenvalue weighted by molar-refractivity contribution is 8.00. The Bertz CT molecular complexity index is 220. The molecule has 76 valence electrons. The van der Waals surface area contributed by atoms with Crippen LogP contribution in [0.25, 0.3) is 0 Å². The van der Waals surface area contributed by atoms with Gasteiger partial charge < -0.3 is 10.8 Å². The van der Waals surface area contributed by atoms with Crippen LogP contribution < -0.4 is 11.1 Å². The number of carbonyl (C=O) groups is 1. The summed E-state index contributed by atoms with van der Waals surface area (Å²) in [7, 11) is 0. The molecule has 0 bridgehead atoms. The minimum atomic E-state index is -1.59. The lowest BCUT2D eigenvalue weighted by Gasteiger charge is -2.38. The molecule has 0 radical (unpaired) electrons. The van der Waals surface area contributed by atoms with Crippen molar-refractivity contribution in [3.8, 4) is 0 Å². The molecule has 1 fully saturated rings. The molecule has 1 amide bonds. The topological polar surface area (TPSA) is 75.3 Å². The fourth-order valence-electron chi connectivity index (χ4n) is 1.37. The second kappa shape index (κ2) is 3.48. The molecule has 1 heterocycles. The van der Waals surface area contributed by atoms with Gasteiger partial charge in [-0.05, 0) is 32.6 Å². The molecule has 1 aliphatic heterocycles. The quantitative estimate of drug-likeness (QED) is 0.546. The first kappa shape index (κ1) is 10.8. The molecule has 1 aliphatic rings.